The number of ketones is 1. The van der Waals surface area contributed by atoms with Crippen molar-refractivity contribution >= 4 is 23.4 Å². The van der Waals surface area contributed by atoms with E-state index < -0.39 is 23.6 Å². The van der Waals surface area contributed by atoms with E-state index in [0.29, 0.717) is 5.69 Å². The highest BCUT2D eigenvalue weighted by Gasteiger charge is 2.27. The normalized spacial score (nSPS) is 11.6. The molecule has 142 valence electrons. The lowest BCUT2D eigenvalue weighted by molar-refractivity contribution is -0.137. The van der Waals surface area contributed by atoms with Crippen molar-refractivity contribution in [2.45, 2.75) is 12.5 Å². The average molecular weight is 377 g/mol. The van der Waals surface area contributed by atoms with Crippen LogP contribution in [-0.4, -0.2) is 33.4 Å². The van der Waals surface area contributed by atoms with Crippen molar-refractivity contribution < 1.29 is 14.4 Å². The van der Waals surface area contributed by atoms with Crippen molar-refractivity contribution in [3.8, 4) is 5.69 Å². The highest BCUT2D eigenvalue weighted by molar-refractivity contribution is 6.38. The molecule has 0 aliphatic carbocycles. The van der Waals surface area contributed by atoms with Crippen LogP contribution in [0.1, 0.15) is 16.1 Å². The number of rotatable bonds is 7. The number of Topliss-reactive ketones (excluding diaryl/α,β-unsaturated/α-hetero) is 1. The van der Waals surface area contributed by atoms with E-state index in [1.165, 1.54) is 10.7 Å². The minimum absolute atomic E-state index is 0.128. The van der Waals surface area contributed by atoms with Gasteiger partial charge in [0.25, 0.3) is 11.8 Å². The summed E-state index contributed by atoms with van der Waals surface area (Å²) in [6, 6.07) is 18.3. The first kappa shape index (κ1) is 18.8. The number of nitrogens with zero attached hydrogens (tertiary/aromatic N) is 2. The van der Waals surface area contributed by atoms with Crippen LogP contribution in [0.3, 0.4) is 0 Å². The van der Waals surface area contributed by atoms with Crippen LogP contribution in [-0.2, 0) is 16.0 Å². The molecule has 5 N–H and O–H groups in total. The molecule has 8 heteroatoms. The fourth-order valence-corrected chi connectivity index (χ4v) is 2.79. The summed E-state index contributed by atoms with van der Waals surface area (Å²) in [7, 11) is 0. The second-order valence-electron chi connectivity index (χ2n) is 6.15. The topological polar surface area (TPSA) is 133 Å². The number of para-hydroxylation sites is 1. The highest BCUT2D eigenvalue weighted by Crippen LogP contribution is 2.14. The Kier molecular flexibility index (Phi) is 5.50. The Morgan fingerprint density at radius 3 is 2.21 bits per heavy atom. The molecule has 0 aliphatic rings. The summed E-state index contributed by atoms with van der Waals surface area (Å²) in [5, 5.41) is 6.71. The van der Waals surface area contributed by atoms with Gasteiger partial charge in [0.05, 0.1) is 5.69 Å². The fourth-order valence-electron chi connectivity index (χ4n) is 2.79. The first-order chi connectivity index (χ1) is 13.5. The number of hydrogen-bond acceptors (Lipinski definition) is 5. The van der Waals surface area contributed by atoms with E-state index in [1.54, 1.807) is 48.5 Å². The lowest BCUT2D eigenvalue weighted by Gasteiger charge is -2.17. The lowest BCUT2D eigenvalue weighted by Crippen LogP contribution is -2.47. The molecule has 1 unspecified atom stereocenters. The molecule has 8 nitrogen and oxygen atoms in total. The molecule has 3 rings (SSSR count). The average Bonchev–Trinajstić information content (AvgIpc) is 3.10. The number of benzene rings is 2. The molecule has 1 heterocycles. The van der Waals surface area contributed by atoms with Crippen molar-refractivity contribution in [1.82, 2.24) is 15.1 Å². The van der Waals surface area contributed by atoms with Gasteiger partial charge in [-0.25, -0.2) is 4.68 Å². The Morgan fingerprint density at radius 2 is 1.61 bits per heavy atom. The van der Waals surface area contributed by atoms with Gasteiger partial charge in [-0.1, -0.05) is 48.5 Å². The van der Waals surface area contributed by atoms with Crippen LogP contribution in [0.2, 0.25) is 0 Å². The van der Waals surface area contributed by atoms with Crippen molar-refractivity contribution in [1.29, 1.82) is 0 Å². The minimum Gasteiger partial charge on any atom is -0.382 e. The fraction of sp³-hybridized carbons (Fsp3) is 0.100. The molecule has 0 spiro atoms. The van der Waals surface area contributed by atoms with Crippen LogP contribution >= 0.6 is 0 Å². The zero-order valence-electron chi connectivity index (χ0n) is 14.9. The van der Waals surface area contributed by atoms with Gasteiger partial charge in [0.2, 0.25) is 5.78 Å². The molecule has 1 aromatic heterocycles. The molecule has 0 saturated carbocycles. The molecular formula is C20H19N5O3. The number of nitrogens with one attached hydrogen (secondary N) is 1. The van der Waals surface area contributed by atoms with Gasteiger partial charge in [0.1, 0.15) is 17.6 Å². The van der Waals surface area contributed by atoms with Crippen LogP contribution < -0.4 is 16.8 Å². The standard InChI is InChI=1S/C20H19N5O3/c21-17-12-16(25(24-17)14-9-5-2-6-10-14)20(28)23-15(18(26)19(22)27)11-13-7-3-1-4-8-13/h1-10,12,15H,11H2,(H2,21,24)(H2,22,27)(H,23,28). The maximum atomic E-state index is 12.8. The summed E-state index contributed by atoms with van der Waals surface area (Å²) in [5.74, 6) is -2.44. The third-order valence-electron chi connectivity index (χ3n) is 4.11. The van der Waals surface area contributed by atoms with Crippen LogP contribution in [0.15, 0.2) is 66.7 Å². The zero-order chi connectivity index (χ0) is 20.1. The molecular weight excluding hydrogens is 358 g/mol. The van der Waals surface area contributed by atoms with Gasteiger partial charge in [-0.3, -0.25) is 14.4 Å². The van der Waals surface area contributed by atoms with Crippen LogP contribution in [0, 0.1) is 0 Å². The monoisotopic (exact) mass is 377 g/mol. The smallest absolute Gasteiger partial charge is 0.287 e. The Balaban J connectivity index is 1.88. The number of primary amides is 1. The van der Waals surface area contributed by atoms with Crippen LogP contribution in [0.25, 0.3) is 5.69 Å². The third-order valence-corrected chi connectivity index (χ3v) is 4.11. The Hall–Kier alpha value is -3.94. The minimum atomic E-state index is -1.11. The Bertz CT molecular complexity index is 999. The number of carbonyl (C=O) groups is 3. The molecule has 0 aliphatic heterocycles. The summed E-state index contributed by atoms with van der Waals surface area (Å²) in [6.45, 7) is 0. The maximum absolute atomic E-state index is 12.8. The number of anilines is 1. The molecule has 0 radical (unpaired) electrons. The van der Waals surface area contributed by atoms with Gasteiger partial charge in [-0.05, 0) is 17.7 Å². The number of nitrogen functional groups attached to an aromatic ring is 1. The lowest BCUT2D eigenvalue weighted by atomic mass is 10.0. The zero-order valence-corrected chi connectivity index (χ0v) is 14.9. The van der Waals surface area contributed by atoms with Gasteiger partial charge in [0.15, 0.2) is 0 Å². The Labute approximate surface area is 161 Å². The second-order valence-corrected chi connectivity index (χ2v) is 6.15. The highest BCUT2D eigenvalue weighted by atomic mass is 16.2. The van der Waals surface area contributed by atoms with Crippen molar-refractivity contribution in [2.24, 2.45) is 5.73 Å². The van der Waals surface area contributed by atoms with E-state index in [-0.39, 0.29) is 17.9 Å². The molecule has 0 saturated heterocycles. The third kappa shape index (κ3) is 4.24. The van der Waals surface area contributed by atoms with Crippen LogP contribution in [0.4, 0.5) is 5.82 Å². The van der Waals surface area contributed by atoms with Gasteiger partial charge in [0, 0.05) is 12.5 Å². The molecule has 28 heavy (non-hydrogen) atoms. The largest absolute Gasteiger partial charge is 0.382 e. The SMILES string of the molecule is NC(=O)C(=O)C(Cc1ccccc1)NC(=O)c1cc(N)nn1-c1ccccc1. The second kappa shape index (κ2) is 8.17. The molecule has 1 atom stereocenters. The van der Waals surface area contributed by atoms with E-state index in [1.807, 2.05) is 12.1 Å². The maximum Gasteiger partial charge on any atom is 0.287 e. The summed E-state index contributed by atoms with van der Waals surface area (Å²) in [4.78, 5) is 36.5. The van der Waals surface area contributed by atoms with Crippen LogP contribution in [0.5, 0.6) is 0 Å². The van der Waals surface area contributed by atoms with Gasteiger partial charge in [-0.15, -0.1) is 5.10 Å². The number of hydrogen-bond donors (Lipinski definition) is 3. The number of aromatic nitrogens is 2. The van der Waals surface area contributed by atoms with E-state index in [2.05, 4.69) is 10.4 Å². The van der Waals surface area contributed by atoms with E-state index in [9.17, 15) is 14.4 Å². The Morgan fingerprint density at radius 1 is 1.00 bits per heavy atom. The summed E-state index contributed by atoms with van der Waals surface area (Å²) >= 11 is 0. The molecule has 2 amide bonds. The quantitative estimate of drug-likeness (QED) is 0.525. The van der Waals surface area contributed by atoms with Gasteiger partial charge >= 0.3 is 0 Å². The predicted octanol–water partition coefficient (Wildman–Crippen LogP) is 0.850. The van der Waals surface area contributed by atoms with E-state index >= 15 is 0 Å². The number of nitrogens with two attached hydrogens (primary N) is 2. The molecule has 0 bridgehead atoms. The molecule has 2 aromatic carbocycles. The molecule has 0 fully saturated rings. The number of amides is 2. The summed E-state index contributed by atoms with van der Waals surface area (Å²) < 4.78 is 1.37. The summed E-state index contributed by atoms with van der Waals surface area (Å²) in [6.07, 6.45) is 0.128. The molecule has 3 aromatic rings. The number of carbonyl (C=O) groups excluding carboxylic acids is 3. The van der Waals surface area contributed by atoms with Crippen molar-refractivity contribution in [3.63, 3.8) is 0 Å². The predicted molar refractivity (Wildman–Crippen MR) is 104 cm³/mol. The van der Waals surface area contributed by atoms with Gasteiger partial charge in [-0.2, -0.15) is 0 Å². The first-order valence-corrected chi connectivity index (χ1v) is 8.55. The summed E-state index contributed by atoms with van der Waals surface area (Å²) in [5.41, 5.74) is 12.5. The van der Waals surface area contributed by atoms with Crippen molar-refractivity contribution in [3.05, 3.63) is 78.0 Å². The first-order valence-electron chi connectivity index (χ1n) is 8.55. The van der Waals surface area contributed by atoms with E-state index in [4.69, 9.17) is 11.5 Å². The van der Waals surface area contributed by atoms with Gasteiger partial charge < -0.3 is 16.8 Å². The van der Waals surface area contributed by atoms with Crippen molar-refractivity contribution in [2.75, 3.05) is 5.73 Å². The van der Waals surface area contributed by atoms with E-state index in [0.717, 1.165) is 5.56 Å².